The maximum atomic E-state index is 11.4. The molecule has 0 bridgehead atoms. The Kier molecular flexibility index (Phi) is 1.85. The molecule has 5 heteroatoms. The Morgan fingerprint density at radius 1 is 1.36 bits per heavy atom. The monoisotopic (exact) mass is 211 g/mol. The highest BCUT2D eigenvalue weighted by atomic mass is 32.2. The molecule has 0 unspecified atom stereocenters. The Morgan fingerprint density at radius 2 is 2.07 bits per heavy atom. The lowest BCUT2D eigenvalue weighted by Gasteiger charge is -1.99. The van der Waals surface area contributed by atoms with Crippen molar-refractivity contribution in [2.45, 2.75) is 11.3 Å². The zero-order chi connectivity index (χ0) is 10.3. The van der Waals surface area contributed by atoms with Gasteiger partial charge in [0.2, 0.25) is 5.91 Å². The molecule has 1 aromatic rings. The van der Waals surface area contributed by atoms with E-state index in [1.165, 1.54) is 12.1 Å². The standard InChI is InChI=1S/C9H9NO3S/c10-9(11)7-1-2-8-6(5-7)3-4-14(8,12)13/h1-2,5H,3-4H2,(H2,10,11). The van der Waals surface area contributed by atoms with Gasteiger partial charge >= 0.3 is 0 Å². The summed E-state index contributed by atoms with van der Waals surface area (Å²) < 4.78 is 22.8. The minimum absolute atomic E-state index is 0.130. The second-order valence-electron chi connectivity index (χ2n) is 3.26. The van der Waals surface area contributed by atoms with Gasteiger partial charge in [-0.05, 0) is 30.2 Å². The Bertz CT molecular complexity index is 505. The van der Waals surface area contributed by atoms with Crippen LogP contribution in [0.15, 0.2) is 23.1 Å². The van der Waals surface area contributed by atoms with Gasteiger partial charge in [0.25, 0.3) is 0 Å². The molecule has 1 aliphatic heterocycles. The number of nitrogens with two attached hydrogens (primary N) is 1. The molecule has 0 fully saturated rings. The minimum atomic E-state index is -3.10. The lowest BCUT2D eigenvalue weighted by molar-refractivity contribution is 0.1000. The molecule has 2 rings (SSSR count). The third kappa shape index (κ3) is 1.29. The van der Waals surface area contributed by atoms with Gasteiger partial charge in [-0.2, -0.15) is 0 Å². The van der Waals surface area contributed by atoms with Crippen LogP contribution in [0.1, 0.15) is 15.9 Å². The zero-order valence-corrected chi connectivity index (χ0v) is 8.17. The molecule has 1 heterocycles. The van der Waals surface area contributed by atoms with E-state index in [9.17, 15) is 13.2 Å². The number of hydrogen-bond acceptors (Lipinski definition) is 3. The van der Waals surface area contributed by atoms with Crippen molar-refractivity contribution in [3.63, 3.8) is 0 Å². The highest BCUT2D eigenvalue weighted by molar-refractivity contribution is 7.91. The number of carbonyl (C=O) groups is 1. The molecule has 0 spiro atoms. The first-order valence-electron chi connectivity index (χ1n) is 4.16. The van der Waals surface area contributed by atoms with E-state index in [1.807, 2.05) is 0 Å². The topological polar surface area (TPSA) is 77.2 Å². The molecule has 0 aromatic heterocycles. The summed E-state index contributed by atoms with van der Waals surface area (Å²) in [6, 6.07) is 4.46. The summed E-state index contributed by atoms with van der Waals surface area (Å²) in [7, 11) is -3.10. The molecule has 1 amide bonds. The van der Waals surface area contributed by atoms with E-state index in [4.69, 9.17) is 5.73 Å². The second kappa shape index (κ2) is 2.81. The van der Waals surface area contributed by atoms with Gasteiger partial charge in [-0.1, -0.05) is 0 Å². The Morgan fingerprint density at radius 3 is 2.71 bits per heavy atom. The summed E-state index contributed by atoms with van der Waals surface area (Å²) in [5, 5.41) is 0. The van der Waals surface area contributed by atoms with Crippen molar-refractivity contribution in [1.29, 1.82) is 0 Å². The molecule has 0 saturated carbocycles. The fourth-order valence-electron chi connectivity index (χ4n) is 1.59. The van der Waals surface area contributed by atoms with Gasteiger partial charge in [0, 0.05) is 5.56 Å². The molecule has 0 saturated heterocycles. The molecule has 0 atom stereocenters. The van der Waals surface area contributed by atoms with Crippen molar-refractivity contribution < 1.29 is 13.2 Å². The number of aryl methyl sites for hydroxylation is 1. The SMILES string of the molecule is NC(=O)c1ccc2c(c1)CCS2(=O)=O. The van der Waals surface area contributed by atoms with Crippen LogP contribution in [0.25, 0.3) is 0 Å². The van der Waals surface area contributed by atoms with Crippen molar-refractivity contribution in [3.8, 4) is 0 Å². The van der Waals surface area contributed by atoms with Crippen molar-refractivity contribution in [1.82, 2.24) is 0 Å². The third-order valence-electron chi connectivity index (χ3n) is 2.32. The van der Waals surface area contributed by atoms with E-state index >= 15 is 0 Å². The van der Waals surface area contributed by atoms with Crippen LogP contribution < -0.4 is 5.73 Å². The van der Waals surface area contributed by atoms with Crippen LogP contribution in [0.4, 0.5) is 0 Å². The summed E-state index contributed by atoms with van der Waals surface area (Å²) in [5.41, 5.74) is 6.14. The summed E-state index contributed by atoms with van der Waals surface area (Å²) in [6.07, 6.45) is 0.471. The summed E-state index contributed by atoms with van der Waals surface area (Å²) in [5.74, 6) is -0.401. The number of primary amides is 1. The predicted molar refractivity (Wildman–Crippen MR) is 50.7 cm³/mol. The van der Waals surface area contributed by atoms with Crippen LogP contribution in [0.3, 0.4) is 0 Å². The molecule has 0 aliphatic carbocycles. The van der Waals surface area contributed by atoms with Crippen LogP contribution >= 0.6 is 0 Å². The molecule has 0 radical (unpaired) electrons. The number of rotatable bonds is 1. The van der Waals surface area contributed by atoms with Crippen LogP contribution in [-0.4, -0.2) is 20.1 Å². The molecule has 14 heavy (non-hydrogen) atoms. The first-order valence-corrected chi connectivity index (χ1v) is 5.81. The highest BCUT2D eigenvalue weighted by Crippen LogP contribution is 2.26. The molecular weight excluding hydrogens is 202 g/mol. The maximum Gasteiger partial charge on any atom is 0.248 e. The van der Waals surface area contributed by atoms with Crippen molar-refractivity contribution >= 4 is 15.7 Å². The largest absolute Gasteiger partial charge is 0.366 e. The van der Waals surface area contributed by atoms with Crippen molar-refractivity contribution in [2.24, 2.45) is 5.73 Å². The molecule has 1 aliphatic rings. The number of sulfone groups is 1. The summed E-state index contributed by atoms with van der Waals surface area (Å²) in [6.45, 7) is 0. The summed E-state index contributed by atoms with van der Waals surface area (Å²) in [4.78, 5) is 11.2. The number of hydrogen-bond donors (Lipinski definition) is 1. The average Bonchev–Trinajstić information content (AvgIpc) is 2.42. The number of benzene rings is 1. The van der Waals surface area contributed by atoms with Gasteiger partial charge in [-0.25, -0.2) is 8.42 Å². The van der Waals surface area contributed by atoms with Crippen LogP contribution in [0.2, 0.25) is 0 Å². The lowest BCUT2D eigenvalue weighted by atomic mass is 10.1. The number of fused-ring (bicyclic) bond motifs is 1. The quantitative estimate of drug-likeness (QED) is 0.716. The predicted octanol–water partition coefficient (Wildman–Crippen LogP) is 0.115. The zero-order valence-electron chi connectivity index (χ0n) is 7.36. The van der Waals surface area contributed by atoms with Crippen LogP contribution in [0, 0.1) is 0 Å². The second-order valence-corrected chi connectivity index (χ2v) is 5.33. The smallest absolute Gasteiger partial charge is 0.248 e. The van der Waals surface area contributed by atoms with Gasteiger partial charge in [0.15, 0.2) is 9.84 Å². The lowest BCUT2D eigenvalue weighted by Crippen LogP contribution is -2.11. The Balaban J connectivity index is 2.61. The maximum absolute atomic E-state index is 11.4. The number of carbonyl (C=O) groups excluding carboxylic acids is 1. The van der Waals surface area contributed by atoms with E-state index in [-0.39, 0.29) is 5.75 Å². The van der Waals surface area contributed by atoms with E-state index in [0.717, 1.165) is 0 Å². The van der Waals surface area contributed by atoms with E-state index in [0.29, 0.717) is 22.4 Å². The molecule has 74 valence electrons. The Labute approximate surface area is 81.6 Å². The van der Waals surface area contributed by atoms with E-state index < -0.39 is 15.7 Å². The van der Waals surface area contributed by atoms with Crippen molar-refractivity contribution in [3.05, 3.63) is 29.3 Å². The minimum Gasteiger partial charge on any atom is -0.366 e. The highest BCUT2D eigenvalue weighted by Gasteiger charge is 2.26. The van der Waals surface area contributed by atoms with Crippen LogP contribution in [-0.2, 0) is 16.3 Å². The summed E-state index contributed by atoms with van der Waals surface area (Å²) >= 11 is 0. The van der Waals surface area contributed by atoms with E-state index in [1.54, 1.807) is 6.07 Å². The number of amides is 1. The van der Waals surface area contributed by atoms with Crippen molar-refractivity contribution in [2.75, 3.05) is 5.75 Å². The van der Waals surface area contributed by atoms with Crippen LogP contribution in [0.5, 0.6) is 0 Å². The van der Waals surface area contributed by atoms with Gasteiger partial charge < -0.3 is 5.73 Å². The first-order chi connectivity index (χ1) is 6.50. The fraction of sp³-hybridized carbons (Fsp3) is 0.222. The van der Waals surface area contributed by atoms with E-state index in [2.05, 4.69) is 0 Å². The normalized spacial score (nSPS) is 17.7. The first kappa shape index (κ1) is 9.21. The fourth-order valence-corrected chi connectivity index (χ4v) is 3.13. The third-order valence-corrected chi connectivity index (χ3v) is 4.13. The van der Waals surface area contributed by atoms with Gasteiger partial charge in [0.1, 0.15) is 0 Å². The van der Waals surface area contributed by atoms with Gasteiger partial charge in [-0.15, -0.1) is 0 Å². The molecule has 4 nitrogen and oxygen atoms in total. The molecular formula is C9H9NO3S. The average molecular weight is 211 g/mol. The molecule has 2 N–H and O–H groups in total. The van der Waals surface area contributed by atoms with Gasteiger partial charge in [0.05, 0.1) is 10.6 Å². The molecule has 1 aromatic carbocycles. The Hall–Kier alpha value is -1.36. The van der Waals surface area contributed by atoms with Gasteiger partial charge in [-0.3, -0.25) is 4.79 Å².